The Kier molecular flexibility index (Phi) is 3.93. The summed E-state index contributed by atoms with van der Waals surface area (Å²) in [4.78, 5) is 15.3. The van der Waals surface area contributed by atoms with Crippen LogP contribution in [0.25, 0.3) is 0 Å². The highest BCUT2D eigenvalue weighted by Gasteiger charge is 2.14. The van der Waals surface area contributed by atoms with Crippen molar-refractivity contribution in [3.8, 4) is 0 Å². The topological polar surface area (TPSA) is 80.0 Å². The zero-order valence-electron chi connectivity index (χ0n) is 9.78. The molecule has 1 atom stereocenters. The Hall–Kier alpha value is -1.62. The average Bonchev–Trinajstić information content (AvgIpc) is 2.82. The molecule has 5 nitrogen and oxygen atoms in total. The minimum absolute atomic E-state index is 0.445. The van der Waals surface area contributed by atoms with E-state index < -0.39 is 5.91 Å². The zero-order chi connectivity index (χ0) is 12.1. The Morgan fingerprint density at radius 2 is 2.53 bits per heavy atom. The van der Waals surface area contributed by atoms with E-state index >= 15 is 0 Å². The number of hydrogen-bond acceptors (Lipinski definition) is 4. The molecule has 0 bridgehead atoms. The van der Waals surface area contributed by atoms with E-state index in [1.54, 1.807) is 18.3 Å². The van der Waals surface area contributed by atoms with Gasteiger partial charge in [-0.05, 0) is 37.9 Å². The van der Waals surface area contributed by atoms with Gasteiger partial charge in [0.2, 0.25) is 0 Å². The number of nitrogens with zero attached hydrogens (tertiary/aromatic N) is 1. The van der Waals surface area contributed by atoms with Crippen molar-refractivity contribution < 1.29 is 4.79 Å². The predicted molar refractivity (Wildman–Crippen MR) is 66.9 cm³/mol. The first kappa shape index (κ1) is 11.9. The van der Waals surface area contributed by atoms with E-state index in [4.69, 9.17) is 5.73 Å². The lowest BCUT2D eigenvalue weighted by atomic mass is 10.1. The normalized spacial score (nSPS) is 19.2. The summed E-state index contributed by atoms with van der Waals surface area (Å²) in [6.07, 6.45) is 5.17. The first-order valence-corrected chi connectivity index (χ1v) is 5.99. The van der Waals surface area contributed by atoms with Gasteiger partial charge in [0.1, 0.15) is 5.82 Å². The SMILES string of the molecule is NC(=O)c1cccnc1NCC[C@@H]1CCCN1. The number of rotatable bonds is 5. The van der Waals surface area contributed by atoms with E-state index in [0.717, 1.165) is 19.5 Å². The molecule has 0 aromatic carbocycles. The van der Waals surface area contributed by atoms with Crippen molar-refractivity contribution in [2.24, 2.45) is 5.73 Å². The van der Waals surface area contributed by atoms with E-state index in [1.807, 2.05) is 0 Å². The summed E-state index contributed by atoms with van der Waals surface area (Å²) < 4.78 is 0. The zero-order valence-corrected chi connectivity index (χ0v) is 9.78. The summed E-state index contributed by atoms with van der Waals surface area (Å²) in [6, 6.07) is 3.98. The molecule has 17 heavy (non-hydrogen) atoms. The molecular weight excluding hydrogens is 216 g/mol. The van der Waals surface area contributed by atoms with Gasteiger partial charge in [-0.25, -0.2) is 4.98 Å². The summed E-state index contributed by atoms with van der Waals surface area (Å²) >= 11 is 0. The minimum atomic E-state index is -0.445. The van der Waals surface area contributed by atoms with Crippen LogP contribution in [0.2, 0.25) is 0 Å². The summed E-state index contributed by atoms with van der Waals surface area (Å²) in [5.41, 5.74) is 5.73. The second-order valence-corrected chi connectivity index (χ2v) is 4.27. The molecule has 1 aromatic rings. The van der Waals surface area contributed by atoms with Gasteiger partial charge in [0.15, 0.2) is 0 Å². The van der Waals surface area contributed by atoms with Crippen LogP contribution in [-0.2, 0) is 0 Å². The Labute approximate surface area is 101 Å². The minimum Gasteiger partial charge on any atom is -0.369 e. The molecule has 1 amide bonds. The fourth-order valence-electron chi connectivity index (χ4n) is 2.11. The molecule has 5 heteroatoms. The van der Waals surface area contributed by atoms with Crippen LogP contribution in [0.4, 0.5) is 5.82 Å². The molecule has 0 radical (unpaired) electrons. The maximum Gasteiger partial charge on any atom is 0.252 e. The van der Waals surface area contributed by atoms with E-state index in [-0.39, 0.29) is 0 Å². The molecule has 1 aromatic heterocycles. The van der Waals surface area contributed by atoms with Crippen LogP contribution in [0.1, 0.15) is 29.6 Å². The van der Waals surface area contributed by atoms with Gasteiger partial charge in [-0.3, -0.25) is 4.79 Å². The van der Waals surface area contributed by atoms with E-state index in [9.17, 15) is 4.79 Å². The van der Waals surface area contributed by atoms with Crippen molar-refractivity contribution in [3.05, 3.63) is 23.9 Å². The molecule has 0 aliphatic carbocycles. The number of carbonyl (C=O) groups excluding carboxylic acids is 1. The van der Waals surface area contributed by atoms with Crippen LogP contribution in [0.15, 0.2) is 18.3 Å². The number of pyridine rings is 1. The number of amides is 1. The fraction of sp³-hybridized carbons (Fsp3) is 0.500. The third kappa shape index (κ3) is 3.17. The van der Waals surface area contributed by atoms with Crippen molar-refractivity contribution >= 4 is 11.7 Å². The van der Waals surface area contributed by atoms with Gasteiger partial charge in [0.05, 0.1) is 5.56 Å². The Bertz CT molecular complexity index is 388. The molecule has 0 unspecified atom stereocenters. The lowest BCUT2D eigenvalue weighted by molar-refractivity contribution is 0.100. The van der Waals surface area contributed by atoms with Gasteiger partial charge in [0, 0.05) is 18.8 Å². The van der Waals surface area contributed by atoms with E-state index in [0.29, 0.717) is 17.4 Å². The predicted octanol–water partition coefficient (Wildman–Crippen LogP) is 0.734. The lowest BCUT2D eigenvalue weighted by Gasteiger charge is -2.12. The van der Waals surface area contributed by atoms with Crippen LogP contribution in [0.3, 0.4) is 0 Å². The van der Waals surface area contributed by atoms with E-state index in [2.05, 4.69) is 15.6 Å². The van der Waals surface area contributed by atoms with Gasteiger partial charge in [-0.1, -0.05) is 0 Å². The summed E-state index contributed by atoms with van der Waals surface area (Å²) in [7, 11) is 0. The highest BCUT2D eigenvalue weighted by molar-refractivity contribution is 5.97. The number of anilines is 1. The molecule has 1 aliphatic heterocycles. The highest BCUT2D eigenvalue weighted by atomic mass is 16.1. The molecule has 92 valence electrons. The third-order valence-electron chi connectivity index (χ3n) is 3.02. The van der Waals surface area contributed by atoms with Crippen LogP contribution in [-0.4, -0.2) is 30.0 Å². The number of hydrogen-bond donors (Lipinski definition) is 3. The summed E-state index contributed by atoms with van der Waals surface area (Å²) in [5, 5.41) is 6.60. The standard InChI is InChI=1S/C12H18N4O/c13-11(17)10-4-2-7-15-12(10)16-8-5-9-3-1-6-14-9/h2,4,7,9,14H,1,3,5-6,8H2,(H2,13,17)(H,15,16)/t9-/m0/s1. The first-order chi connectivity index (χ1) is 8.27. The van der Waals surface area contributed by atoms with Crippen LogP contribution in [0, 0.1) is 0 Å². The quantitative estimate of drug-likeness (QED) is 0.702. The van der Waals surface area contributed by atoms with Crippen molar-refractivity contribution in [1.29, 1.82) is 0 Å². The number of nitrogens with two attached hydrogens (primary N) is 1. The van der Waals surface area contributed by atoms with Gasteiger partial charge >= 0.3 is 0 Å². The van der Waals surface area contributed by atoms with Gasteiger partial charge in [-0.15, -0.1) is 0 Å². The monoisotopic (exact) mass is 234 g/mol. The third-order valence-corrected chi connectivity index (χ3v) is 3.02. The number of carbonyl (C=O) groups is 1. The van der Waals surface area contributed by atoms with Gasteiger partial charge < -0.3 is 16.4 Å². The van der Waals surface area contributed by atoms with Crippen molar-refractivity contribution in [1.82, 2.24) is 10.3 Å². The number of primary amides is 1. The fourth-order valence-corrected chi connectivity index (χ4v) is 2.11. The summed E-state index contributed by atoms with van der Waals surface area (Å²) in [5.74, 6) is 0.137. The van der Waals surface area contributed by atoms with E-state index in [1.165, 1.54) is 12.8 Å². The largest absolute Gasteiger partial charge is 0.369 e. The van der Waals surface area contributed by atoms with Crippen LogP contribution < -0.4 is 16.4 Å². The van der Waals surface area contributed by atoms with Crippen molar-refractivity contribution in [3.63, 3.8) is 0 Å². The first-order valence-electron chi connectivity index (χ1n) is 5.99. The van der Waals surface area contributed by atoms with Gasteiger partial charge in [-0.2, -0.15) is 0 Å². The Morgan fingerprint density at radius 3 is 3.24 bits per heavy atom. The lowest BCUT2D eigenvalue weighted by Crippen LogP contribution is -2.24. The van der Waals surface area contributed by atoms with Crippen LogP contribution >= 0.6 is 0 Å². The van der Waals surface area contributed by atoms with Crippen molar-refractivity contribution in [2.75, 3.05) is 18.4 Å². The maximum absolute atomic E-state index is 11.2. The van der Waals surface area contributed by atoms with Crippen LogP contribution in [0.5, 0.6) is 0 Å². The second-order valence-electron chi connectivity index (χ2n) is 4.27. The molecule has 1 saturated heterocycles. The molecule has 2 heterocycles. The maximum atomic E-state index is 11.2. The Morgan fingerprint density at radius 1 is 1.65 bits per heavy atom. The molecule has 0 spiro atoms. The molecule has 0 saturated carbocycles. The Balaban J connectivity index is 1.87. The molecule has 1 fully saturated rings. The molecule has 2 rings (SSSR count). The smallest absolute Gasteiger partial charge is 0.252 e. The average molecular weight is 234 g/mol. The number of nitrogens with one attached hydrogen (secondary N) is 2. The second kappa shape index (κ2) is 5.63. The number of aromatic nitrogens is 1. The van der Waals surface area contributed by atoms with Crippen molar-refractivity contribution in [2.45, 2.75) is 25.3 Å². The molecular formula is C12H18N4O. The summed E-state index contributed by atoms with van der Waals surface area (Å²) in [6.45, 7) is 1.91. The van der Waals surface area contributed by atoms with Gasteiger partial charge in [0.25, 0.3) is 5.91 Å². The molecule has 1 aliphatic rings. The highest BCUT2D eigenvalue weighted by Crippen LogP contribution is 2.12. The molecule has 4 N–H and O–H groups in total.